The molecule has 1 aromatic rings. The molecule has 0 spiro atoms. The van der Waals surface area contributed by atoms with Crippen LogP contribution in [-0.2, 0) is 27.3 Å². The zero-order chi connectivity index (χ0) is 17.6. The lowest BCUT2D eigenvalue weighted by atomic mass is 10.1. The number of aromatic nitrogens is 2. The van der Waals surface area contributed by atoms with E-state index in [0.717, 1.165) is 31.0 Å². The minimum absolute atomic E-state index is 0.0266. The third-order valence-electron chi connectivity index (χ3n) is 5.69. The molecule has 0 bridgehead atoms. The Morgan fingerprint density at radius 3 is 2.60 bits per heavy atom. The highest BCUT2D eigenvalue weighted by atomic mass is 16.5. The molecule has 2 amide bonds. The zero-order valence-electron chi connectivity index (χ0n) is 15.0. The molecule has 7 nitrogen and oxygen atoms in total. The maximum atomic E-state index is 12.6. The number of hydrogen-bond acceptors (Lipinski definition) is 4. The minimum atomic E-state index is -0.0266. The van der Waals surface area contributed by atoms with Crippen molar-refractivity contribution in [2.75, 3.05) is 32.8 Å². The van der Waals surface area contributed by atoms with Gasteiger partial charge in [0.15, 0.2) is 0 Å². The fourth-order valence-corrected chi connectivity index (χ4v) is 3.89. The molecule has 1 saturated carbocycles. The van der Waals surface area contributed by atoms with Crippen molar-refractivity contribution in [1.29, 1.82) is 0 Å². The van der Waals surface area contributed by atoms with Gasteiger partial charge in [0, 0.05) is 38.3 Å². The van der Waals surface area contributed by atoms with Crippen LogP contribution in [0.25, 0.3) is 0 Å². The summed E-state index contributed by atoms with van der Waals surface area (Å²) in [5.41, 5.74) is 0.799. The zero-order valence-corrected chi connectivity index (χ0v) is 15.0. The molecular formula is C18H26N4O3. The number of imidazole rings is 1. The molecular weight excluding hydrogens is 320 g/mol. The van der Waals surface area contributed by atoms with Crippen molar-refractivity contribution < 1.29 is 14.3 Å². The van der Waals surface area contributed by atoms with Crippen molar-refractivity contribution in [2.45, 2.75) is 39.3 Å². The van der Waals surface area contributed by atoms with Gasteiger partial charge in [-0.2, -0.15) is 0 Å². The van der Waals surface area contributed by atoms with Crippen LogP contribution in [0.5, 0.6) is 0 Å². The van der Waals surface area contributed by atoms with Crippen LogP contribution in [0.2, 0.25) is 0 Å². The van der Waals surface area contributed by atoms with Gasteiger partial charge >= 0.3 is 0 Å². The Hall–Kier alpha value is -1.89. The molecule has 0 unspecified atom stereocenters. The minimum Gasteiger partial charge on any atom is -0.378 e. The number of ether oxygens (including phenoxy) is 1. The van der Waals surface area contributed by atoms with Crippen LogP contribution in [0.4, 0.5) is 0 Å². The third kappa shape index (κ3) is 3.17. The van der Waals surface area contributed by atoms with Crippen molar-refractivity contribution in [1.82, 2.24) is 19.4 Å². The summed E-state index contributed by atoms with van der Waals surface area (Å²) in [6.45, 7) is 8.19. The summed E-state index contributed by atoms with van der Waals surface area (Å²) >= 11 is 0. The van der Waals surface area contributed by atoms with Crippen LogP contribution in [0.1, 0.15) is 37.8 Å². The quantitative estimate of drug-likeness (QED) is 0.814. The van der Waals surface area contributed by atoms with Gasteiger partial charge < -0.3 is 19.1 Å². The average molecular weight is 346 g/mol. The first-order chi connectivity index (χ1) is 12.0. The second-order valence-electron chi connectivity index (χ2n) is 7.48. The smallest absolute Gasteiger partial charge is 0.228 e. The van der Waals surface area contributed by atoms with E-state index in [4.69, 9.17) is 4.74 Å². The van der Waals surface area contributed by atoms with Crippen LogP contribution in [0, 0.1) is 11.8 Å². The molecule has 1 aromatic heterocycles. The predicted octanol–water partition coefficient (Wildman–Crippen LogP) is 0.844. The Balaban J connectivity index is 1.44. The number of morpholine rings is 1. The summed E-state index contributed by atoms with van der Waals surface area (Å²) in [7, 11) is 0. The Morgan fingerprint density at radius 1 is 1.20 bits per heavy atom. The van der Waals surface area contributed by atoms with E-state index < -0.39 is 0 Å². The van der Waals surface area contributed by atoms with E-state index in [-0.39, 0.29) is 23.8 Å². The highest BCUT2D eigenvalue weighted by molar-refractivity contribution is 5.82. The lowest BCUT2D eigenvalue weighted by Gasteiger charge is -2.34. The topological polar surface area (TPSA) is 67.7 Å². The number of fused-ring (bicyclic) bond motifs is 1. The molecule has 3 atom stereocenters. The Bertz CT molecular complexity index is 680. The summed E-state index contributed by atoms with van der Waals surface area (Å²) in [4.78, 5) is 33.5. The van der Waals surface area contributed by atoms with Gasteiger partial charge in [-0.25, -0.2) is 4.98 Å². The molecule has 136 valence electrons. The average Bonchev–Trinajstić information content (AvgIpc) is 3.20. The highest BCUT2D eigenvalue weighted by Gasteiger charge is 2.44. The number of rotatable bonds is 3. The second-order valence-corrected chi connectivity index (χ2v) is 7.48. The number of nitrogens with zero attached hydrogens (tertiary/aromatic N) is 4. The molecule has 4 rings (SSSR count). The standard InChI is InChI=1S/C18H26N4O3/c1-12-9-15(12)18(24)22-4-3-21-11-14(19-17(21)13(22)2)10-16(23)20-5-7-25-8-6-20/h11-13,15H,3-10H2,1-2H3/t12-,13+,15-/m1/s1. The molecule has 0 N–H and O–H groups in total. The van der Waals surface area contributed by atoms with E-state index in [1.807, 2.05) is 22.9 Å². The van der Waals surface area contributed by atoms with Crippen LogP contribution >= 0.6 is 0 Å². The van der Waals surface area contributed by atoms with Crippen molar-refractivity contribution in [3.8, 4) is 0 Å². The molecule has 1 aliphatic carbocycles. The second kappa shape index (κ2) is 6.44. The van der Waals surface area contributed by atoms with E-state index in [0.29, 0.717) is 38.6 Å². The van der Waals surface area contributed by atoms with E-state index >= 15 is 0 Å². The summed E-state index contributed by atoms with van der Waals surface area (Å²) < 4.78 is 7.40. The normalized spacial score (nSPS) is 28.6. The highest BCUT2D eigenvalue weighted by Crippen LogP contribution is 2.41. The fraction of sp³-hybridized carbons (Fsp3) is 0.722. The fourth-order valence-electron chi connectivity index (χ4n) is 3.89. The van der Waals surface area contributed by atoms with Gasteiger partial charge in [-0.15, -0.1) is 0 Å². The predicted molar refractivity (Wildman–Crippen MR) is 90.7 cm³/mol. The van der Waals surface area contributed by atoms with Gasteiger partial charge in [0.25, 0.3) is 0 Å². The molecule has 3 heterocycles. The van der Waals surface area contributed by atoms with E-state index in [1.165, 1.54) is 0 Å². The number of carbonyl (C=O) groups is 2. The summed E-state index contributed by atoms with van der Waals surface area (Å²) in [5.74, 6) is 1.98. The van der Waals surface area contributed by atoms with Gasteiger partial charge in [-0.05, 0) is 19.3 Å². The third-order valence-corrected chi connectivity index (χ3v) is 5.69. The molecule has 0 radical (unpaired) electrons. The van der Waals surface area contributed by atoms with Gasteiger partial charge in [-0.3, -0.25) is 9.59 Å². The van der Waals surface area contributed by atoms with Crippen LogP contribution < -0.4 is 0 Å². The first-order valence-electron chi connectivity index (χ1n) is 9.26. The van der Waals surface area contributed by atoms with Gasteiger partial charge in [-0.1, -0.05) is 6.92 Å². The SMILES string of the molecule is C[C@@H]1C[C@H]1C(=O)N1CCn2cc(CC(=O)N3CCOCC3)nc2[C@@H]1C. The summed E-state index contributed by atoms with van der Waals surface area (Å²) in [6.07, 6.45) is 3.31. The Morgan fingerprint density at radius 2 is 1.92 bits per heavy atom. The summed E-state index contributed by atoms with van der Waals surface area (Å²) in [6, 6.07) is -0.0266. The van der Waals surface area contributed by atoms with Crippen molar-refractivity contribution in [2.24, 2.45) is 11.8 Å². The van der Waals surface area contributed by atoms with Crippen molar-refractivity contribution >= 4 is 11.8 Å². The number of carbonyl (C=O) groups excluding carboxylic acids is 2. The number of hydrogen-bond donors (Lipinski definition) is 0. The number of amides is 2. The van der Waals surface area contributed by atoms with Gasteiger partial charge in [0.05, 0.1) is 31.4 Å². The van der Waals surface area contributed by atoms with Crippen LogP contribution in [0.3, 0.4) is 0 Å². The monoisotopic (exact) mass is 346 g/mol. The Kier molecular flexibility index (Phi) is 4.27. The van der Waals surface area contributed by atoms with Crippen LogP contribution in [-0.4, -0.2) is 64.0 Å². The van der Waals surface area contributed by atoms with Crippen molar-refractivity contribution in [3.05, 3.63) is 17.7 Å². The molecule has 1 saturated heterocycles. The molecule has 2 aliphatic heterocycles. The lowest BCUT2D eigenvalue weighted by Crippen LogP contribution is -2.42. The van der Waals surface area contributed by atoms with E-state index in [9.17, 15) is 9.59 Å². The molecule has 25 heavy (non-hydrogen) atoms. The Labute approximate surface area is 147 Å². The first-order valence-corrected chi connectivity index (χ1v) is 9.26. The van der Waals surface area contributed by atoms with E-state index in [1.54, 1.807) is 0 Å². The van der Waals surface area contributed by atoms with Gasteiger partial charge in [0.1, 0.15) is 5.82 Å². The van der Waals surface area contributed by atoms with E-state index in [2.05, 4.69) is 16.5 Å². The largest absolute Gasteiger partial charge is 0.378 e. The first kappa shape index (κ1) is 16.6. The molecule has 0 aromatic carbocycles. The van der Waals surface area contributed by atoms with Gasteiger partial charge in [0.2, 0.25) is 11.8 Å². The summed E-state index contributed by atoms with van der Waals surface area (Å²) in [5, 5.41) is 0. The molecule has 3 aliphatic rings. The molecule has 2 fully saturated rings. The molecule has 7 heteroatoms. The van der Waals surface area contributed by atoms with Crippen LogP contribution in [0.15, 0.2) is 6.20 Å². The maximum Gasteiger partial charge on any atom is 0.228 e. The lowest BCUT2D eigenvalue weighted by molar-refractivity contribution is -0.136. The van der Waals surface area contributed by atoms with Crippen molar-refractivity contribution in [3.63, 3.8) is 0 Å². The maximum absolute atomic E-state index is 12.6.